The number of carbonyl (C=O) groups excluding carboxylic acids is 1. The molecule has 0 bridgehead atoms. The van der Waals surface area contributed by atoms with Crippen molar-refractivity contribution in [1.82, 2.24) is 5.32 Å². The Morgan fingerprint density at radius 3 is 1.84 bits per heavy atom. The normalized spacial score (nSPS) is 13.4. The molecule has 0 heterocycles. The number of hydrogen-bond donors (Lipinski definition) is 4. The van der Waals surface area contributed by atoms with Crippen molar-refractivity contribution in [1.29, 1.82) is 0 Å². The van der Waals surface area contributed by atoms with Gasteiger partial charge in [0.25, 0.3) is 0 Å². The maximum absolute atomic E-state index is 11.8. The molecular weight excluding hydrogens is 432 g/mol. The van der Waals surface area contributed by atoms with Crippen molar-refractivity contribution in [2.45, 2.75) is 116 Å². The van der Waals surface area contributed by atoms with Crippen molar-refractivity contribution in [2.75, 3.05) is 13.7 Å². The number of allylic oxidation sites excluding steroid dienone is 2. The average Bonchev–Trinajstić information content (AvgIpc) is 2.75. The Labute approximate surface area is 196 Å². The summed E-state index contributed by atoms with van der Waals surface area (Å²) in [4.78, 5) is 11.8. The Balaban J connectivity index is 0. The van der Waals surface area contributed by atoms with Gasteiger partial charge in [-0.1, -0.05) is 70.4 Å². The first-order valence-electron chi connectivity index (χ1n) is 12.0. The van der Waals surface area contributed by atoms with Crippen molar-refractivity contribution in [3.8, 4) is 0 Å². The Morgan fingerprint density at radius 2 is 1.41 bits per heavy atom. The highest BCUT2D eigenvalue weighted by Crippen LogP contribution is 2.10. The van der Waals surface area contributed by atoms with E-state index in [1.54, 1.807) is 0 Å². The highest BCUT2D eigenvalue weighted by atomic mass is 32.3. The third kappa shape index (κ3) is 27.0. The van der Waals surface area contributed by atoms with E-state index < -0.39 is 10.4 Å². The largest absolute Gasteiger partial charge is 0.397 e. The van der Waals surface area contributed by atoms with Crippen LogP contribution in [0.1, 0.15) is 104 Å². The van der Waals surface area contributed by atoms with Gasteiger partial charge in [-0.3, -0.25) is 13.5 Å². The van der Waals surface area contributed by atoms with E-state index in [4.69, 9.17) is 15.4 Å². The lowest BCUT2D eigenvalue weighted by molar-refractivity contribution is -0.122. The maximum Gasteiger partial charge on any atom is 0.397 e. The van der Waals surface area contributed by atoms with Gasteiger partial charge in [0.2, 0.25) is 5.91 Å². The van der Waals surface area contributed by atoms with Crippen molar-refractivity contribution in [3.63, 3.8) is 0 Å². The molecule has 0 fully saturated rings. The molecule has 5 N–H and O–H groups in total. The van der Waals surface area contributed by atoms with Crippen LogP contribution in [0.5, 0.6) is 0 Å². The smallest absolute Gasteiger partial charge is 0.395 e. The van der Waals surface area contributed by atoms with Crippen LogP contribution in [0, 0.1) is 0 Å². The zero-order valence-corrected chi connectivity index (χ0v) is 21.2. The average molecular weight is 481 g/mol. The minimum Gasteiger partial charge on any atom is -0.395 e. The summed E-state index contributed by atoms with van der Waals surface area (Å²) in [5.74, 6) is 0.0408. The van der Waals surface area contributed by atoms with E-state index >= 15 is 0 Å². The van der Waals surface area contributed by atoms with Gasteiger partial charge in [-0.15, -0.1) is 0 Å². The van der Waals surface area contributed by atoms with Crippen LogP contribution in [0.2, 0.25) is 0 Å². The van der Waals surface area contributed by atoms with Gasteiger partial charge >= 0.3 is 10.4 Å². The van der Waals surface area contributed by atoms with Crippen LogP contribution >= 0.6 is 0 Å². The predicted octanol–water partition coefficient (Wildman–Crippen LogP) is 4.28. The highest BCUT2D eigenvalue weighted by molar-refractivity contribution is 7.80. The first-order chi connectivity index (χ1) is 15.2. The van der Waals surface area contributed by atoms with Crippen LogP contribution in [-0.2, 0) is 19.4 Å². The number of nitrogens with two attached hydrogens (primary N) is 1. The van der Waals surface area contributed by atoms with Gasteiger partial charge < -0.3 is 16.2 Å². The molecule has 0 rings (SSSR count). The van der Waals surface area contributed by atoms with Gasteiger partial charge in [0.15, 0.2) is 0 Å². The van der Waals surface area contributed by atoms with Crippen LogP contribution in [0.15, 0.2) is 12.2 Å². The second-order valence-corrected chi connectivity index (χ2v) is 9.32. The molecule has 0 aromatic heterocycles. The fraction of sp³-hybridized carbons (Fsp3) is 0.870. The molecule has 0 radical (unpaired) electrons. The zero-order valence-electron chi connectivity index (χ0n) is 20.4. The second-order valence-electron chi connectivity index (χ2n) is 8.13. The summed E-state index contributed by atoms with van der Waals surface area (Å²) in [7, 11) is -3.29. The third-order valence-electron chi connectivity index (χ3n) is 5.12. The lowest BCUT2D eigenvalue weighted by Crippen LogP contribution is -2.47. The first-order valence-corrected chi connectivity index (χ1v) is 13.4. The van der Waals surface area contributed by atoms with E-state index in [9.17, 15) is 13.2 Å². The number of rotatable bonds is 19. The Bertz CT molecular complexity index is 555. The van der Waals surface area contributed by atoms with Crippen molar-refractivity contribution in [2.24, 2.45) is 5.73 Å². The van der Waals surface area contributed by atoms with E-state index in [0.717, 1.165) is 20.0 Å². The molecule has 9 heteroatoms. The predicted molar refractivity (Wildman–Crippen MR) is 131 cm³/mol. The maximum atomic E-state index is 11.8. The van der Waals surface area contributed by atoms with Gasteiger partial charge in [-0.2, -0.15) is 8.42 Å². The summed E-state index contributed by atoms with van der Waals surface area (Å²) < 4.78 is 29.7. The summed E-state index contributed by atoms with van der Waals surface area (Å²) in [5.41, 5.74) is 5.68. The van der Waals surface area contributed by atoms with Crippen LogP contribution in [0.3, 0.4) is 0 Å². The summed E-state index contributed by atoms with van der Waals surface area (Å²) in [5, 5.41) is 11.8. The van der Waals surface area contributed by atoms with Gasteiger partial charge in [-0.05, 0) is 39.0 Å². The number of hydrogen-bond acceptors (Lipinski definition) is 6. The van der Waals surface area contributed by atoms with Crippen molar-refractivity contribution >= 4 is 16.3 Å². The number of carbonyl (C=O) groups is 1. The van der Waals surface area contributed by atoms with Crippen molar-refractivity contribution < 1.29 is 27.1 Å². The molecule has 0 aliphatic carbocycles. The molecule has 32 heavy (non-hydrogen) atoms. The highest BCUT2D eigenvalue weighted by Gasteiger charge is 2.13. The molecule has 0 aromatic rings. The quantitative estimate of drug-likeness (QED) is 0.123. The SMILES string of the molecule is CCCCCCCC/C=C\CCCCCCCC(=O)NC(C)C(N)CO.COS(=O)(=O)O. The van der Waals surface area contributed by atoms with Gasteiger partial charge in [0.1, 0.15) is 0 Å². The molecule has 0 aliphatic rings. The minimum absolute atomic E-state index is 0.0408. The Hall–Kier alpha value is -1.00. The lowest BCUT2D eigenvalue weighted by atomic mass is 10.1. The fourth-order valence-electron chi connectivity index (χ4n) is 2.95. The summed E-state index contributed by atoms with van der Waals surface area (Å²) >= 11 is 0. The molecule has 0 spiro atoms. The number of unbranched alkanes of at least 4 members (excludes halogenated alkanes) is 11. The van der Waals surface area contributed by atoms with E-state index in [1.807, 2.05) is 6.92 Å². The van der Waals surface area contributed by atoms with E-state index in [0.29, 0.717) is 6.42 Å². The number of aliphatic hydroxyl groups is 1. The second kappa shape index (κ2) is 23.2. The zero-order chi connectivity index (χ0) is 24.7. The van der Waals surface area contributed by atoms with Crippen LogP contribution in [0.4, 0.5) is 0 Å². The van der Waals surface area contributed by atoms with E-state index in [2.05, 4.69) is 28.6 Å². The molecule has 2 atom stereocenters. The summed E-state index contributed by atoms with van der Waals surface area (Å²) in [6, 6.07) is -0.552. The van der Waals surface area contributed by atoms with Crippen LogP contribution in [-0.4, -0.2) is 49.8 Å². The van der Waals surface area contributed by atoms with E-state index in [-0.39, 0.29) is 24.6 Å². The standard InChI is InChI=1S/C22H44N2O2.CH4O4S/c1-3-4-5-6-7-8-9-10-11-12-13-14-15-16-17-18-22(26)24-20(2)21(23)19-25;1-5-6(2,3)4/h10-11,20-21,25H,3-9,12-19,23H2,1-2H3,(H,24,26);1H3,(H,2,3,4)/b11-10-;. The van der Waals surface area contributed by atoms with Crippen LogP contribution < -0.4 is 11.1 Å². The summed E-state index contributed by atoms with van der Waals surface area (Å²) in [6.07, 6.45) is 21.6. The monoisotopic (exact) mass is 480 g/mol. The number of amides is 1. The molecule has 0 saturated heterocycles. The Kier molecular flexibility index (Phi) is 24.0. The molecule has 1 amide bonds. The van der Waals surface area contributed by atoms with Crippen LogP contribution in [0.25, 0.3) is 0 Å². The number of nitrogens with one attached hydrogen (secondary N) is 1. The first kappa shape index (κ1) is 33.2. The molecule has 192 valence electrons. The number of aliphatic hydroxyl groups excluding tert-OH is 1. The molecule has 8 nitrogen and oxygen atoms in total. The molecular formula is C23H48N2O6S. The lowest BCUT2D eigenvalue weighted by Gasteiger charge is -2.19. The summed E-state index contributed by atoms with van der Waals surface area (Å²) in [6.45, 7) is 3.99. The topological polar surface area (TPSA) is 139 Å². The molecule has 0 saturated carbocycles. The van der Waals surface area contributed by atoms with Gasteiger partial charge in [-0.25, -0.2) is 0 Å². The fourth-order valence-corrected chi connectivity index (χ4v) is 2.95. The molecule has 0 aromatic carbocycles. The minimum atomic E-state index is -4.16. The third-order valence-corrected chi connectivity index (χ3v) is 5.54. The molecule has 2 unspecified atom stereocenters. The van der Waals surface area contributed by atoms with E-state index in [1.165, 1.54) is 70.6 Å². The van der Waals surface area contributed by atoms with Crippen molar-refractivity contribution in [3.05, 3.63) is 12.2 Å². The Morgan fingerprint density at radius 1 is 0.969 bits per heavy atom. The molecule has 0 aliphatic heterocycles. The van der Waals surface area contributed by atoms with Gasteiger partial charge in [0, 0.05) is 18.5 Å². The van der Waals surface area contributed by atoms with Gasteiger partial charge in [0.05, 0.1) is 13.7 Å².